The zero-order valence-electron chi connectivity index (χ0n) is 8.45. The second-order valence-corrected chi connectivity index (χ2v) is 4.58. The summed E-state index contributed by atoms with van der Waals surface area (Å²) in [6.07, 6.45) is 4.13. The molecule has 1 aliphatic carbocycles. The van der Waals surface area contributed by atoms with Crippen molar-refractivity contribution in [3.63, 3.8) is 0 Å². The van der Waals surface area contributed by atoms with Crippen LogP contribution < -0.4 is 5.32 Å². The highest BCUT2D eigenvalue weighted by atomic mass is 32.1. The van der Waals surface area contributed by atoms with E-state index in [9.17, 15) is 0 Å². The molecule has 0 aromatic carbocycles. The van der Waals surface area contributed by atoms with Crippen molar-refractivity contribution in [3.8, 4) is 11.3 Å². The summed E-state index contributed by atoms with van der Waals surface area (Å²) in [6.45, 7) is 0. The van der Waals surface area contributed by atoms with Gasteiger partial charge in [-0.3, -0.25) is 0 Å². The number of thiophene rings is 1. The maximum absolute atomic E-state index is 4.53. The van der Waals surface area contributed by atoms with E-state index < -0.39 is 0 Å². The van der Waals surface area contributed by atoms with Crippen molar-refractivity contribution < 1.29 is 0 Å². The van der Waals surface area contributed by atoms with Gasteiger partial charge in [-0.25, -0.2) is 9.97 Å². The van der Waals surface area contributed by atoms with Gasteiger partial charge in [0.1, 0.15) is 0 Å². The van der Waals surface area contributed by atoms with Gasteiger partial charge in [0.2, 0.25) is 5.95 Å². The molecule has 76 valence electrons. The molecule has 0 spiro atoms. The van der Waals surface area contributed by atoms with Gasteiger partial charge in [0.05, 0.1) is 5.69 Å². The van der Waals surface area contributed by atoms with Crippen LogP contribution in [0, 0.1) is 0 Å². The number of hydrogen-bond acceptors (Lipinski definition) is 4. The van der Waals surface area contributed by atoms with E-state index in [4.69, 9.17) is 0 Å². The lowest BCUT2D eigenvalue weighted by molar-refractivity contribution is 0.929. The molecule has 0 unspecified atom stereocenters. The Hall–Kier alpha value is -1.42. The van der Waals surface area contributed by atoms with Gasteiger partial charge in [-0.15, -0.1) is 11.3 Å². The highest BCUT2D eigenvalue weighted by Gasteiger charge is 2.18. The number of nitrogens with one attached hydrogen (secondary N) is 1. The summed E-state index contributed by atoms with van der Waals surface area (Å²) in [4.78, 5) is 10.2. The number of fused-ring (bicyclic) bond motifs is 3. The minimum absolute atomic E-state index is 0.702. The Morgan fingerprint density at radius 2 is 2.33 bits per heavy atom. The van der Waals surface area contributed by atoms with Gasteiger partial charge in [0, 0.05) is 23.7 Å². The second-order valence-electron chi connectivity index (χ2n) is 3.57. The van der Waals surface area contributed by atoms with Crippen molar-refractivity contribution >= 4 is 17.3 Å². The first kappa shape index (κ1) is 8.85. The first-order valence-electron chi connectivity index (χ1n) is 4.99. The summed E-state index contributed by atoms with van der Waals surface area (Å²) < 4.78 is 0. The Morgan fingerprint density at radius 3 is 3.20 bits per heavy atom. The molecule has 0 saturated carbocycles. The van der Waals surface area contributed by atoms with E-state index in [1.807, 2.05) is 24.6 Å². The van der Waals surface area contributed by atoms with Gasteiger partial charge in [-0.05, 0) is 29.9 Å². The first-order chi connectivity index (χ1) is 7.38. The van der Waals surface area contributed by atoms with Crippen LogP contribution in [0.15, 0.2) is 17.6 Å². The number of hydrogen-bond donors (Lipinski definition) is 1. The van der Waals surface area contributed by atoms with Crippen LogP contribution in [0.1, 0.15) is 10.4 Å². The molecule has 1 aliphatic rings. The lowest BCUT2D eigenvalue weighted by Crippen LogP contribution is -2.06. The third-order valence-corrected chi connectivity index (χ3v) is 3.69. The molecule has 0 atom stereocenters. The summed E-state index contributed by atoms with van der Waals surface area (Å²) >= 11 is 1.82. The largest absolute Gasteiger partial charge is 0.357 e. The summed E-state index contributed by atoms with van der Waals surface area (Å²) in [5, 5.41) is 5.12. The number of nitrogens with zero attached hydrogens (tertiary/aromatic N) is 2. The molecule has 0 amide bonds. The predicted octanol–water partition coefficient (Wildman–Crippen LogP) is 2.35. The van der Waals surface area contributed by atoms with E-state index >= 15 is 0 Å². The molecule has 0 aliphatic heterocycles. The van der Waals surface area contributed by atoms with Crippen molar-refractivity contribution in [3.05, 3.63) is 28.1 Å². The Bertz CT molecular complexity index is 504. The van der Waals surface area contributed by atoms with E-state index in [-0.39, 0.29) is 0 Å². The summed E-state index contributed by atoms with van der Waals surface area (Å²) in [6, 6.07) is 2.16. The Balaban J connectivity index is 2.21. The lowest BCUT2D eigenvalue weighted by atomic mass is 9.97. The van der Waals surface area contributed by atoms with E-state index in [1.165, 1.54) is 16.0 Å². The molecular formula is C11H11N3S. The van der Waals surface area contributed by atoms with Crippen molar-refractivity contribution in [1.82, 2.24) is 9.97 Å². The Morgan fingerprint density at radius 1 is 1.40 bits per heavy atom. The molecule has 2 aromatic rings. The highest BCUT2D eigenvalue weighted by Crippen LogP contribution is 2.35. The molecule has 2 heterocycles. The molecule has 0 bridgehead atoms. The highest BCUT2D eigenvalue weighted by molar-refractivity contribution is 7.10. The average Bonchev–Trinajstić information content (AvgIpc) is 2.76. The van der Waals surface area contributed by atoms with Crippen LogP contribution in [0.25, 0.3) is 11.3 Å². The number of aromatic nitrogens is 2. The van der Waals surface area contributed by atoms with Gasteiger partial charge < -0.3 is 5.32 Å². The molecule has 3 rings (SSSR count). The fourth-order valence-electron chi connectivity index (χ4n) is 1.94. The predicted molar refractivity (Wildman–Crippen MR) is 62.3 cm³/mol. The molecule has 1 N–H and O–H groups in total. The molecule has 4 heteroatoms. The fourth-order valence-corrected chi connectivity index (χ4v) is 2.82. The fraction of sp³-hybridized carbons (Fsp3) is 0.273. The summed E-state index contributed by atoms with van der Waals surface area (Å²) in [5.41, 5.74) is 3.66. The normalized spacial score (nSPS) is 13.1. The zero-order valence-corrected chi connectivity index (χ0v) is 9.27. The molecule has 2 aromatic heterocycles. The Kier molecular flexibility index (Phi) is 1.95. The molecular weight excluding hydrogens is 206 g/mol. The SMILES string of the molecule is CNc1ncc2c(n1)-c1ccsc1CC2. The van der Waals surface area contributed by atoms with Crippen LogP contribution >= 0.6 is 11.3 Å². The van der Waals surface area contributed by atoms with Crippen LogP contribution in [0.4, 0.5) is 5.95 Å². The molecule has 15 heavy (non-hydrogen) atoms. The van der Waals surface area contributed by atoms with Crippen LogP contribution in [-0.4, -0.2) is 17.0 Å². The summed E-state index contributed by atoms with van der Waals surface area (Å²) in [5.74, 6) is 0.702. The van der Waals surface area contributed by atoms with E-state index in [1.54, 1.807) is 0 Å². The van der Waals surface area contributed by atoms with Gasteiger partial charge in [-0.2, -0.15) is 0 Å². The van der Waals surface area contributed by atoms with Crippen molar-refractivity contribution in [2.45, 2.75) is 12.8 Å². The van der Waals surface area contributed by atoms with E-state index in [0.29, 0.717) is 5.95 Å². The third-order valence-electron chi connectivity index (χ3n) is 2.71. The number of rotatable bonds is 1. The second kappa shape index (κ2) is 3.31. The van der Waals surface area contributed by atoms with Gasteiger partial charge in [0.15, 0.2) is 0 Å². The van der Waals surface area contributed by atoms with Crippen LogP contribution in [0.5, 0.6) is 0 Å². The Labute approximate surface area is 92.2 Å². The topological polar surface area (TPSA) is 37.8 Å². The van der Waals surface area contributed by atoms with Gasteiger partial charge in [0.25, 0.3) is 0 Å². The van der Waals surface area contributed by atoms with E-state index in [0.717, 1.165) is 18.5 Å². The van der Waals surface area contributed by atoms with Gasteiger partial charge >= 0.3 is 0 Å². The minimum Gasteiger partial charge on any atom is -0.357 e. The summed E-state index contributed by atoms with van der Waals surface area (Å²) in [7, 11) is 1.85. The number of aryl methyl sites for hydroxylation is 2. The quantitative estimate of drug-likeness (QED) is 0.796. The van der Waals surface area contributed by atoms with Crippen molar-refractivity contribution in [2.24, 2.45) is 0 Å². The van der Waals surface area contributed by atoms with Crippen molar-refractivity contribution in [1.29, 1.82) is 0 Å². The van der Waals surface area contributed by atoms with E-state index in [2.05, 4.69) is 26.7 Å². The smallest absolute Gasteiger partial charge is 0.222 e. The first-order valence-corrected chi connectivity index (χ1v) is 5.87. The molecule has 0 fully saturated rings. The molecule has 0 radical (unpaired) electrons. The maximum Gasteiger partial charge on any atom is 0.222 e. The van der Waals surface area contributed by atoms with Crippen LogP contribution in [0.2, 0.25) is 0 Å². The van der Waals surface area contributed by atoms with Crippen LogP contribution in [0.3, 0.4) is 0 Å². The standard InChI is InChI=1S/C11H11N3S/c1-12-11-13-6-7-2-3-9-8(4-5-15-9)10(7)14-11/h4-6H,2-3H2,1H3,(H,12,13,14). The van der Waals surface area contributed by atoms with Crippen LogP contribution in [-0.2, 0) is 12.8 Å². The monoisotopic (exact) mass is 217 g/mol. The molecule has 0 saturated heterocycles. The van der Waals surface area contributed by atoms with Gasteiger partial charge in [-0.1, -0.05) is 0 Å². The maximum atomic E-state index is 4.53. The lowest BCUT2D eigenvalue weighted by Gasteiger charge is -2.15. The number of anilines is 1. The zero-order chi connectivity index (χ0) is 10.3. The minimum atomic E-state index is 0.702. The average molecular weight is 217 g/mol. The molecule has 3 nitrogen and oxygen atoms in total. The third kappa shape index (κ3) is 1.33. The van der Waals surface area contributed by atoms with Crippen molar-refractivity contribution in [2.75, 3.05) is 12.4 Å².